The summed E-state index contributed by atoms with van der Waals surface area (Å²) in [6, 6.07) is 23.0. The molecule has 0 aliphatic carbocycles. The van der Waals surface area contributed by atoms with E-state index in [4.69, 9.17) is 0 Å². The number of carbonyl (C=O) groups excluding carboxylic acids is 2. The molecule has 3 aromatic carbocycles. The number of likely N-dealkylation sites (N-methyl/N-ethyl adjacent to an activating group) is 1. The summed E-state index contributed by atoms with van der Waals surface area (Å²) in [5.74, 6) is -0.455. The van der Waals surface area contributed by atoms with Crippen molar-refractivity contribution in [1.29, 1.82) is 0 Å². The van der Waals surface area contributed by atoms with Gasteiger partial charge in [0, 0.05) is 22.2 Å². The molecule has 34 heavy (non-hydrogen) atoms. The molecule has 0 fully saturated rings. The molecule has 170 valence electrons. The molecule has 1 aliphatic rings. The minimum absolute atomic E-state index is 0.138. The standard InChI is InChI=1S/C27H25N5O2/c1-32(2)23(13-17-9-5-3-6-10-17)27(34)29-19-14-20-24-21(16-28-31-26(20)33)25(30-22(24)15-19)18-11-7-4-8-12-18/h3-12,14-16,23,30H,13H2,1-2H3,(H,29,34)(H,31,33)/t23-/m0/s1. The molecule has 0 spiro atoms. The second-order valence-corrected chi connectivity index (χ2v) is 8.58. The minimum Gasteiger partial charge on any atom is -0.354 e. The van der Waals surface area contributed by atoms with Crippen LogP contribution in [0.5, 0.6) is 0 Å². The number of anilines is 1. The maximum atomic E-state index is 13.3. The van der Waals surface area contributed by atoms with Crippen molar-refractivity contribution >= 4 is 34.6 Å². The van der Waals surface area contributed by atoms with Gasteiger partial charge in [-0.05, 0) is 43.8 Å². The van der Waals surface area contributed by atoms with Gasteiger partial charge in [-0.25, -0.2) is 5.43 Å². The molecular formula is C27H25N5O2. The first-order valence-corrected chi connectivity index (χ1v) is 11.1. The van der Waals surface area contributed by atoms with E-state index in [1.165, 1.54) is 0 Å². The molecule has 1 aromatic heterocycles. The third-order valence-electron chi connectivity index (χ3n) is 6.07. The van der Waals surface area contributed by atoms with Gasteiger partial charge in [0.25, 0.3) is 5.91 Å². The van der Waals surface area contributed by atoms with Crippen molar-refractivity contribution in [3.05, 3.63) is 89.5 Å². The Morgan fingerprint density at radius 1 is 1.03 bits per heavy atom. The van der Waals surface area contributed by atoms with Crippen LogP contribution in [-0.4, -0.2) is 48.1 Å². The highest BCUT2D eigenvalue weighted by Gasteiger charge is 2.25. The number of nitrogens with one attached hydrogen (secondary N) is 3. The van der Waals surface area contributed by atoms with Gasteiger partial charge in [-0.3, -0.25) is 14.5 Å². The average Bonchev–Trinajstić information content (AvgIpc) is 3.12. The Bertz CT molecular complexity index is 1390. The number of aromatic amines is 1. The lowest BCUT2D eigenvalue weighted by atomic mass is 10.0. The fraction of sp³-hybridized carbons (Fsp3) is 0.148. The van der Waals surface area contributed by atoms with E-state index in [-0.39, 0.29) is 17.9 Å². The van der Waals surface area contributed by atoms with E-state index in [0.29, 0.717) is 17.7 Å². The van der Waals surface area contributed by atoms with E-state index in [2.05, 4.69) is 20.8 Å². The SMILES string of the molecule is CN(C)[C@@H](Cc1ccccc1)C(=O)Nc1cc2c3c(c(-c4ccccc4)[nH]c3c1)C=NNC2=O. The van der Waals surface area contributed by atoms with E-state index in [9.17, 15) is 9.59 Å². The highest BCUT2D eigenvalue weighted by atomic mass is 16.2. The first kappa shape index (κ1) is 21.6. The molecule has 2 heterocycles. The summed E-state index contributed by atoms with van der Waals surface area (Å²) >= 11 is 0. The quantitative estimate of drug-likeness (QED) is 0.414. The molecule has 5 rings (SSSR count). The van der Waals surface area contributed by atoms with Gasteiger partial charge in [-0.1, -0.05) is 60.7 Å². The lowest BCUT2D eigenvalue weighted by Gasteiger charge is -2.23. The van der Waals surface area contributed by atoms with Crippen LogP contribution in [0.1, 0.15) is 21.5 Å². The number of rotatable bonds is 6. The molecule has 2 amide bonds. The fourth-order valence-corrected chi connectivity index (χ4v) is 4.36. The van der Waals surface area contributed by atoms with Gasteiger partial charge in [0.15, 0.2) is 0 Å². The molecule has 7 heteroatoms. The Hall–Kier alpha value is -4.23. The Morgan fingerprint density at radius 2 is 1.74 bits per heavy atom. The lowest BCUT2D eigenvalue weighted by molar-refractivity contribution is -0.120. The molecule has 0 bridgehead atoms. The van der Waals surface area contributed by atoms with E-state index in [1.807, 2.05) is 85.7 Å². The highest BCUT2D eigenvalue weighted by molar-refractivity contribution is 6.18. The number of amides is 2. The first-order valence-electron chi connectivity index (χ1n) is 11.1. The maximum absolute atomic E-state index is 13.3. The van der Waals surface area contributed by atoms with Crippen molar-refractivity contribution in [3.8, 4) is 11.3 Å². The van der Waals surface area contributed by atoms with Crippen LogP contribution in [0.4, 0.5) is 5.69 Å². The monoisotopic (exact) mass is 451 g/mol. The van der Waals surface area contributed by atoms with Crippen molar-refractivity contribution < 1.29 is 9.59 Å². The van der Waals surface area contributed by atoms with E-state index < -0.39 is 0 Å². The first-order chi connectivity index (χ1) is 16.5. The number of nitrogens with zero attached hydrogens (tertiary/aromatic N) is 2. The largest absolute Gasteiger partial charge is 0.354 e. The molecule has 7 nitrogen and oxygen atoms in total. The predicted octanol–water partition coefficient (Wildman–Crippen LogP) is 4.02. The Kier molecular flexibility index (Phi) is 5.69. The summed E-state index contributed by atoms with van der Waals surface area (Å²) < 4.78 is 0. The Balaban J connectivity index is 1.53. The summed E-state index contributed by atoms with van der Waals surface area (Å²) in [6.07, 6.45) is 2.24. The average molecular weight is 452 g/mol. The van der Waals surface area contributed by atoms with Gasteiger partial charge in [-0.15, -0.1) is 0 Å². The maximum Gasteiger partial charge on any atom is 0.272 e. The molecule has 3 N–H and O–H groups in total. The fourth-order valence-electron chi connectivity index (χ4n) is 4.36. The Labute approximate surface area is 197 Å². The summed E-state index contributed by atoms with van der Waals surface area (Å²) in [7, 11) is 3.77. The summed E-state index contributed by atoms with van der Waals surface area (Å²) in [5.41, 5.74) is 8.11. The smallest absolute Gasteiger partial charge is 0.272 e. The van der Waals surface area contributed by atoms with Crippen LogP contribution in [-0.2, 0) is 11.2 Å². The second-order valence-electron chi connectivity index (χ2n) is 8.58. The molecule has 1 atom stereocenters. The predicted molar refractivity (Wildman–Crippen MR) is 135 cm³/mol. The van der Waals surface area contributed by atoms with Crippen LogP contribution in [0.25, 0.3) is 22.2 Å². The number of hydrazone groups is 1. The van der Waals surface area contributed by atoms with Crippen LogP contribution in [0.2, 0.25) is 0 Å². The van der Waals surface area contributed by atoms with Crippen molar-refractivity contribution in [2.75, 3.05) is 19.4 Å². The molecule has 0 saturated heterocycles. The van der Waals surface area contributed by atoms with Gasteiger partial charge in [0.1, 0.15) is 0 Å². The molecule has 0 unspecified atom stereocenters. The minimum atomic E-state index is -0.367. The van der Waals surface area contributed by atoms with Crippen molar-refractivity contribution in [2.24, 2.45) is 5.10 Å². The second kappa shape index (κ2) is 8.96. The zero-order valence-electron chi connectivity index (χ0n) is 19.0. The number of benzene rings is 3. The number of carbonyl (C=O) groups is 2. The number of aromatic nitrogens is 1. The van der Waals surface area contributed by atoms with Gasteiger partial charge < -0.3 is 10.3 Å². The van der Waals surface area contributed by atoms with Crippen molar-refractivity contribution in [3.63, 3.8) is 0 Å². The van der Waals surface area contributed by atoms with Gasteiger partial charge in [-0.2, -0.15) is 5.10 Å². The zero-order valence-corrected chi connectivity index (χ0v) is 19.0. The van der Waals surface area contributed by atoms with E-state index in [1.54, 1.807) is 12.3 Å². The van der Waals surface area contributed by atoms with Gasteiger partial charge in [0.2, 0.25) is 5.91 Å². The molecule has 0 radical (unpaired) electrons. The summed E-state index contributed by atoms with van der Waals surface area (Å²) in [6.45, 7) is 0. The van der Waals surface area contributed by atoms with Crippen LogP contribution >= 0.6 is 0 Å². The van der Waals surface area contributed by atoms with Crippen LogP contribution in [0.15, 0.2) is 77.9 Å². The van der Waals surface area contributed by atoms with E-state index >= 15 is 0 Å². The van der Waals surface area contributed by atoms with Gasteiger partial charge in [0.05, 0.1) is 23.5 Å². The topological polar surface area (TPSA) is 89.6 Å². The normalized spacial score (nSPS) is 13.6. The van der Waals surface area contributed by atoms with Crippen molar-refractivity contribution in [1.82, 2.24) is 15.3 Å². The Morgan fingerprint density at radius 3 is 2.44 bits per heavy atom. The van der Waals surface area contributed by atoms with Crippen LogP contribution in [0, 0.1) is 0 Å². The third kappa shape index (κ3) is 4.09. The third-order valence-corrected chi connectivity index (χ3v) is 6.07. The van der Waals surface area contributed by atoms with E-state index in [0.717, 1.165) is 33.3 Å². The molecule has 1 aliphatic heterocycles. The zero-order chi connectivity index (χ0) is 23.7. The molecular weight excluding hydrogens is 426 g/mol. The van der Waals surface area contributed by atoms with Crippen molar-refractivity contribution in [2.45, 2.75) is 12.5 Å². The molecule has 4 aromatic rings. The summed E-state index contributed by atoms with van der Waals surface area (Å²) in [4.78, 5) is 31.4. The summed E-state index contributed by atoms with van der Waals surface area (Å²) in [5, 5.41) is 7.90. The number of hydrogen-bond acceptors (Lipinski definition) is 4. The molecule has 0 saturated carbocycles. The number of H-pyrrole nitrogens is 1. The van der Waals surface area contributed by atoms with Crippen LogP contribution < -0.4 is 10.7 Å². The highest BCUT2D eigenvalue weighted by Crippen LogP contribution is 2.34. The van der Waals surface area contributed by atoms with Crippen LogP contribution in [0.3, 0.4) is 0 Å². The lowest BCUT2D eigenvalue weighted by Crippen LogP contribution is -2.41. The van der Waals surface area contributed by atoms with Gasteiger partial charge >= 0.3 is 0 Å². The number of hydrogen-bond donors (Lipinski definition) is 3.